The van der Waals surface area contributed by atoms with Crippen molar-refractivity contribution in [1.29, 1.82) is 0 Å². The number of rotatable bonds is 3. The van der Waals surface area contributed by atoms with E-state index in [1.807, 2.05) is 0 Å². The average molecular weight is 340 g/mol. The highest BCUT2D eigenvalue weighted by molar-refractivity contribution is 9.15. The van der Waals surface area contributed by atoms with Gasteiger partial charge in [0.25, 0.3) is 0 Å². The zero-order valence-electron chi connectivity index (χ0n) is 11.0. The van der Waals surface area contributed by atoms with E-state index in [0.717, 1.165) is 0 Å². The van der Waals surface area contributed by atoms with Gasteiger partial charge >= 0.3 is 5.69 Å². The molecule has 0 bridgehead atoms. The molecule has 1 N–H and O–H groups in total. The molecule has 106 valence electrons. The lowest BCUT2D eigenvalue weighted by Crippen LogP contribution is -2.44. The Morgan fingerprint density at radius 3 is 2.60 bits per heavy atom. The normalized spacial score (nSPS) is 18.8. The molecule has 0 aromatic carbocycles. The fourth-order valence-corrected chi connectivity index (χ4v) is 2.86. The van der Waals surface area contributed by atoms with Crippen molar-refractivity contribution in [1.82, 2.24) is 14.5 Å². The maximum absolute atomic E-state index is 12.4. The average Bonchev–Trinajstić information content (AvgIpc) is 2.62. The molecule has 1 aliphatic rings. The minimum atomic E-state index is -0.708. The Labute approximate surface area is 123 Å². The Hall–Kier alpha value is -1.89. The first-order valence-corrected chi connectivity index (χ1v) is 6.80. The van der Waals surface area contributed by atoms with Crippen LogP contribution in [-0.2, 0) is 16.6 Å². The zero-order chi connectivity index (χ0) is 15.0. The minimum Gasteiger partial charge on any atom is -0.295 e. The van der Waals surface area contributed by atoms with E-state index in [1.54, 1.807) is 7.05 Å². The van der Waals surface area contributed by atoms with Gasteiger partial charge in [0.15, 0.2) is 0 Å². The van der Waals surface area contributed by atoms with Crippen molar-refractivity contribution < 1.29 is 9.59 Å². The molecule has 1 fully saturated rings. The van der Waals surface area contributed by atoms with Crippen molar-refractivity contribution in [2.24, 2.45) is 7.05 Å². The van der Waals surface area contributed by atoms with E-state index in [1.165, 1.54) is 15.2 Å². The Balaban J connectivity index is 2.63. The van der Waals surface area contributed by atoms with Gasteiger partial charge in [-0.25, -0.2) is 4.79 Å². The second kappa shape index (κ2) is 5.24. The van der Waals surface area contributed by atoms with Gasteiger partial charge in [0, 0.05) is 18.0 Å². The van der Waals surface area contributed by atoms with Crippen LogP contribution in [0, 0.1) is 0 Å². The third-order valence-electron chi connectivity index (χ3n) is 3.30. The highest BCUT2D eigenvalue weighted by atomic mass is 79.9. The van der Waals surface area contributed by atoms with E-state index < -0.39 is 11.9 Å². The number of hydrogen-bond donors (Lipinski definition) is 1. The lowest BCUT2D eigenvalue weighted by Gasteiger charge is -2.22. The number of amides is 2. The number of imidazole rings is 1. The Bertz CT molecular complexity index is 684. The molecule has 2 amide bonds. The maximum Gasteiger partial charge on any atom is 0.329 e. The maximum atomic E-state index is 12.4. The van der Waals surface area contributed by atoms with Crippen LogP contribution in [0.25, 0.3) is 10.6 Å². The second-order valence-corrected chi connectivity index (χ2v) is 5.48. The molecule has 1 saturated heterocycles. The lowest BCUT2D eigenvalue weighted by atomic mass is 10.1. The molecule has 0 radical (unpaired) electrons. The van der Waals surface area contributed by atoms with Crippen molar-refractivity contribution in [2.75, 3.05) is 0 Å². The van der Waals surface area contributed by atoms with E-state index in [0.29, 0.717) is 22.3 Å². The quantitative estimate of drug-likeness (QED) is 0.840. The van der Waals surface area contributed by atoms with Crippen LogP contribution >= 0.6 is 15.9 Å². The molecule has 6 nitrogen and oxygen atoms in total. The molecule has 1 aliphatic heterocycles. The van der Waals surface area contributed by atoms with Crippen LogP contribution in [0.4, 0.5) is 0 Å². The number of piperidine rings is 1. The van der Waals surface area contributed by atoms with Crippen molar-refractivity contribution >= 4 is 38.3 Å². The van der Waals surface area contributed by atoms with Crippen molar-refractivity contribution in [2.45, 2.75) is 18.9 Å². The monoisotopic (exact) mass is 339 g/mol. The summed E-state index contributed by atoms with van der Waals surface area (Å²) in [5.74, 6) is -0.788. The number of nitrogens with zero attached hydrogens (tertiary/aromatic N) is 2. The van der Waals surface area contributed by atoms with Gasteiger partial charge in [-0.2, -0.15) is 0 Å². The van der Waals surface area contributed by atoms with Crippen LogP contribution in [0.2, 0.25) is 0 Å². The first-order valence-electron chi connectivity index (χ1n) is 6.00. The van der Waals surface area contributed by atoms with E-state index in [9.17, 15) is 14.4 Å². The van der Waals surface area contributed by atoms with Crippen LogP contribution < -0.4 is 11.0 Å². The highest BCUT2D eigenvalue weighted by Crippen LogP contribution is 2.27. The summed E-state index contributed by atoms with van der Waals surface area (Å²) < 4.78 is 3.28. The predicted octanol–water partition coefficient (Wildman–Crippen LogP) is 1.17. The summed E-state index contributed by atoms with van der Waals surface area (Å²) in [6.07, 6.45) is 2.01. The number of halogens is 1. The number of nitrogens with one attached hydrogen (secondary N) is 1. The SMILES string of the molecule is C=Cc1c(C(=C)Br)n(C)c(=O)n1C1CCC(=O)NC1=O. The van der Waals surface area contributed by atoms with Crippen LogP contribution in [-0.4, -0.2) is 20.9 Å². The number of hydrogen-bond acceptors (Lipinski definition) is 3. The van der Waals surface area contributed by atoms with E-state index in [-0.39, 0.29) is 18.0 Å². The first kappa shape index (κ1) is 14.5. The molecule has 0 saturated carbocycles. The molecule has 0 spiro atoms. The molecule has 7 heteroatoms. The van der Waals surface area contributed by atoms with Gasteiger partial charge in [-0.15, -0.1) is 0 Å². The third-order valence-corrected chi connectivity index (χ3v) is 3.68. The van der Waals surface area contributed by atoms with Gasteiger partial charge in [-0.1, -0.05) is 13.2 Å². The van der Waals surface area contributed by atoms with Crippen LogP contribution in [0.15, 0.2) is 18.0 Å². The van der Waals surface area contributed by atoms with Gasteiger partial charge in [0.1, 0.15) is 6.04 Å². The van der Waals surface area contributed by atoms with Gasteiger partial charge in [-0.3, -0.25) is 24.0 Å². The Morgan fingerprint density at radius 2 is 2.10 bits per heavy atom. The topological polar surface area (TPSA) is 73.1 Å². The molecular formula is C13H14BrN3O3. The lowest BCUT2D eigenvalue weighted by molar-refractivity contribution is -0.135. The fraction of sp³-hybridized carbons (Fsp3) is 0.308. The summed E-state index contributed by atoms with van der Waals surface area (Å²) in [4.78, 5) is 35.5. The Morgan fingerprint density at radius 1 is 1.45 bits per heavy atom. The van der Waals surface area contributed by atoms with Crippen molar-refractivity contribution in [3.63, 3.8) is 0 Å². The molecule has 1 aromatic rings. The van der Waals surface area contributed by atoms with Crippen LogP contribution in [0.5, 0.6) is 0 Å². The first-order chi connectivity index (χ1) is 9.38. The highest BCUT2D eigenvalue weighted by Gasteiger charge is 2.32. The number of aromatic nitrogens is 2. The number of carbonyl (C=O) groups excluding carboxylic acids is 2. The van der Waals surface area contributed by atoms with Crippen LogP contribution in [0.1, 0.15) is 30.3 Å². The van der Waals surface area contributed by atoms with Gasteiger partial charge in [0.05, 0.1) is 11.4 Å². The zero-order valence-corrected chi connectivity index (χ0v) is 12.6. The molecule has 1 unspecified atom stereocenters. The van der Waals surface area contributed by atoms with Gasteiger partial charge in [0.2, 0.25) is 11.8 Å². The predicted molar refractivity (Wildman–Crippen MR) is 79.1 cm³/mol. The second-order valence-electron chi connectivity index (χ2n) is 4.52. The number of carbonyl (C=O) groups is 2. The summed E-state index contributed by atoms with van der Waals surface area (Å²) in [7, 11) is 1.60. The van der Waals surface area contributed by atoms with E-state index in [4.69, 9.17) is 0 Å². The summed E-state index contributed by atoms with van der Waals surface area (Å²) in [6, 6.07) is -0.708. The largest absolute Gasteiger partial charge is 0.329 e. The van der Waals surface area contributed by atoms with E-state index >= 15 is 0 Å². The van der Waals surface area contributed by atoms with Gasteiger partial charge in [-0.05, 0) is 28.4 Å². The van der Waals surface area contributed by atoms with Gasteiger partial charge < -0.3 is 0 Å². The summed E-state index contributed by atoms with van der Waals surface area (Å²) in [6.45, 7) is 7.46. The third kappa shape index (κ3) is 2.18. The summed E-state index contributed by atoms with van der Waals surface area (Å²) >= 11 is 3.25. The minimum absolute atomic E-state index is 0.207. The summed E-state index contributed by atoms with van der Waals surface area (Å²) in [5, 5.41) is 2.25. The Kier molecular flexibility index (Phi) is 3.80. The molecular weight excluding hydrogens is 326 g/mol. The van der Waals surface area contributed by atoms with Crippen molar-refractivity contribution in [3.05, 3.63) is 35.0 Å². The molecule has 1 aromatic heterocycles. The molecule has 20 heavy (non-hydrogen) atoms. The standard InChI is InChI=1S/C13H14BrN3O3/c1-4-8-11(7(2)14)16(3)13(20)17(8)9-5-6-10(18)15-12(9)19/h4,9H,1-2,5-6H2,3H3,(H,15,18,19). The van der Waals surface area contributed by atoms with Crippen LogP contribution in [0.3, 0.4) is 0 Å². The smallest absolute Gasteiger partial charge is 0.295 e. The molecule has 1 atom stereocenters. The summed E-state index contributed by atoms with van der Waals surface area (Å²) in [5.41, 5.74) is 0.730. The molecule has 2 rings (SSSR count). The molecule has 2 heterocycles. The van der Waals surface area contributed by atoms with E-state index in [2.05, 4.69) is 34.4 Å². The van der Waals surface area contributed by atoms with Crippen molar-refractivity contribution in [3.8, 4) is 0 Å². The molecule has 0 aliphatic carbocycles. The number of imide groups is 1. The fourth-order valence-electron chi connectivity index (χ4n) is 2.39.